The lowest BCUT2D eigenvalue weighted by Gasteiger charge is -2.18. The van der Waals surface area contributed by atoms with Crippen LogP contribution in [-0.4, -0.2) is 0 Å². The summed E-state index contributed by atoms with van der Waals surface area (Å²) >= 11 is 0. The van der Waals surface area contributed by atoms with E-state index in [9.17, 15) is 50.0 Å². The topological polar surface area (TPSA) is 56.3 Å². The molecule has 0 spiro atoms. The molecule has 54 heavy (non-hydrogen) atoms. The van der Waals surface area contributed by atoms with E-state index in [0.717, 1.165) is 12.1 Å². The highest BCUT2D eigenvalue weighted by Gasteiger charge is 2.46. The fourth-order valence-corrected chi connectivity index (χ4v) is 6.96. The summed E-state index contributed by atoms with van der Waals surface area (Å²) in [4.78, 5) is 6.73. The maximum atomic E-state index is 14.8. The van der Waals surface area contributed by atoms with Crippen molar-refractivity contribution < 1.29 is 39.5 Å². The fraction of sp³-hybridized carbons (Fsp3) is 0.0732. The Morgan fingerprint density at radius 1 is 0.519 bits per heavy atom. The number of fused-ring (bicyclic) bond motifs is 6. The minimum absolute atomic E-state index is 0.00787. The Morgan fingerprint density at radius 3 is 1.33 bits per heavy atom. The molecule has 2 aliphatic carbocycles. The Hall–Kier alpha value is -7.09. The van der Waals surface area contributed by atoms with Gasteiger partial charge in [0.15, 0.2) is 0 Å². The molecule has 5 aromatic carbocycles. The van der Waals surface area contributed by atoms with Crippen LogP contribution in [0.15, 0.2) is 84.2 Å². The van der Waals surface area contributed by atoms with E-state index < -0.39 is 52.2 Å². The van der Waals surface area contributed by atoms with Crippen LogP contribution in [0.3, 0.4) is 0 Å². The van der Waals surface area contributed by atoms with Crippen molar-refractivity contribution >= 4 is 11.1 Å². The molecule has 0 saturated heterocycles. The molecule has 0 aromatic heterocycles. The molecule has 0 fully saturated rings. The predicted molar refractivity (Wildman–Crippen MR) is 179 cm³/mol. The SMILES string of the molecule is [C-]#[N+]/C(C#N)=C1/c2cc(-c3cc(F)c(C(F)(F)F)c(C(F)(F)F)c3)ccc2-c2cc3c(cc21)/C(=C(\C#N)[N+]#[C-])c1cc(-c2cc(F)c(C)c(F)c2)ccc1-3. The molecule has 0 unspecified atom stereocenters. The molecular weight excluding hydrogens is 719 g/mol. The van der Waals surface area contributed by atoms with E-state index in [1.54, 1.807) is 36.4 Å². The third-order valence-corrected chi connectivity index (χ3v) is 9.39. The van der Waals surface area contributed by atoms with Crippen molar-refractivity contribution in [1.29, 1.82) is 10.5 Å². The summed E-state index contributed by atoms with van der Waals surface area (Å²) in [7, 11) is 0. The lowest BCUT2D eigenvalue weighted by atomic mass is 9.93. The van der Waals surface area contributed by atoms with E-state index in [1.165, 1.54) is 25.1 Å². The molecule has 0 saturated carbocycles. The van der Waals surface area contributed by atoms with Gasteiger partial charge in [-0.2, -0.15) is 26.3 Å². The first kappa shape index (κ1) is 35.3. The number of hydrogen-bond donors (Lipinski definition) is 0. The zero-order valence-electron chi connectivity index (χ0n) is 27.1. The van der Waals surface area contributed by atoms with Crippen molar-refractivity contribution in [3.63, 3.8) is 0 Å². The van der Waals surface area contributed by atoms with Gasteiger partial charge in [-0.3, -0.25) is 0 Å². The number of hydrogen-bond acceptors (Lipinski definition) is 2. The zero-order valence-corrected chi connectivity index (χ0v) is 27.1. The van der Waals surface area contributed by atoms with Crippen molar-refractivity contribution in [3.05, 3.63) is 163 Å². The summed E-state index contributed by atoms with van der Waals surface area (Å²) in [6.45, 7) is 16.8. The van der Waals surface area contributed by atoms with Gasteiger partial charge in [0.1, 0.15) is 23.0 Å². The molecule has 0 aliphatic heterocycles. The molecule has 0 bridgehead atoms. The van der Waals surface area contributed by atoms with Gasteiger partial charge in [0.25, 0.3) is 11.4 Å². The molecule has 0 amide bonds. The average Bonchev–Trinajstić information content (AvgIpc) is 3.60. The number of halogens is 9. The average molecular weight is 735 g/mol. The number of rotatable bonds is 2. The van der Waals surface area contributed by atoms with Gasteiger partial charge >= 0.3 is 12.4 Å². The number of benzene rings is 5. The summed E-state index contributed by atoms with van der Waals surface area (Å²) in [5.74, 6) is -3.70. The fourth-order valence-electron chi connectivity index (χ4n) is 6.96. The smallest absolute Gasteiger partial charge is 0.226 e. The van der Waals surface area contributed by atoms with Crippen LogP contribution in [0.4, 0.5) is 39.5 Å². The summed E-state index contributed by atoms with van der Waals surface area (Å²) in [6.07, 6.45) is -11.2. The molecular formula is C41H15F9N4. The van der Waals surface area contributed by atoms with Crippen LogP contribution in [0.5, 0.6) is 0 Å². The minimum atomic E-state index is -5.65. The highest BCUT2D eigenvalue weighted by Crippen LogP contribution is 2.55. The van der Waals surface area contributed by atoms with Crippen LogP contribution in [0.2, 0.25) is 0 Å². The van der Waals surface area contributed by atoms with E-state index in [2.05, 4.69) is 9.69 Å². The Balaban J connectivity index is 1.46. The standard InChI is InChI=1S/C41H15F9N4/c1-18-32(42)11-22(12-33(18)43)20-5-7-24-26-14-25-23-6-4-19(21-10-31(40(45,46)47)39(34(44)13-21)41(48,49)50)8-27(23)37(35(16-51)53-2)29(25)15-30(26)38(28(24)9-20)36(17-52)54-3/h4-15H,1H3/b37-35-,38-36+. The van der Waals surface area contributed by atoms with Gasteiger partial charge in [-0.25, -0.2) is 33.4 Å². The van der Waals surface area contributed by atoms with Gasteiger partial charge in [-0.05, 0) is 122 Å². The predicted octanol–water partition coefficient (Wildman–Crippen LogP) is 12.1. The van der Waals surface area contributed by atoms with Crippen molar-refractivity contribution in [2.24, 2.45) is 0 Å². The van der Waals surface area contributed by atoms with Crippen LogP contribution in [0.25, 0.3) is 65.3 Å². The monoisotopic (exact) mass is 734 g/mol. The van der Waals surface area contributed by atoms with E-state index in [0.29, 0.717) is 45.0 Å². The van der Waals surface area contributed by atoms with Crippen molar-refractivity contribution in [2.75, 3.05) is 0 Å². The molecule has 13 heteroatoms. The normalized spacial score (nSPS) is 14.5. The molecule has 0 atom stereocenters. The molecule has 2 aliphatic rings. The first-order valence-corrected chi connectivity index (χ1v) is 15.5. The molecule has 4 nitrogen and oxygen atoms in total. The van der Waals surface area contributed by atoms with Crippen LogP contribution < -0.4 is 0 Å². The van der Waals surface area contributed by atoms with E-state index >= 15 is 0 Å². The Labute approximate surface area is 300 Å². The van der Waals surface area contributed by atoms with E-state index in [1.807, 2.05) is 6.07 Å². The highest BCUT2D eigenvalue weighted by molar-refractivity contribution is 6.11. The van der Waals surface area contributed by atoms with Gasteiger partial charge < -0.3 is 0 Å². The molecule has 0 heterocycles. The molecule has 0 N–H and O–H groups in total. The summed E-state index contributed by atoms with van der Waals surface area (Å²) in [5, 5.41) is 20.0. The summed E-state index contributed by atoms with van der Waals surface area (Å²) in [5.41, 5.74) is -2.67. The maximum Gasteiger partial charge on any atom is 0.419 e. The van der Waals surface area contributed by atoms with Crippen molar-refractivity contribution in [1.82, 2.24) is 0 Å². The number of alkyl halides is 6. The quantitative estimate of drug-likeness (QED) is 0.101. The Kier molecular flexibility index (Phi) is 8.02. The molecule has 262 valence electrons. The van der Waals surface area contributed by atoms with E-state index in [4.69, 9.17) is 13.1 Å². The zero-order chi connectivity index (χ0) is 39.0. The van der Waals surface area contributed by atoms with Gasteiger partial charge in [-0.15, -0.1) is 0 Å². The first-order chi connectivity index (χ1) is 25.5. The molecule has 0 radical (unpaired) electrons. The van der Waals surface area contributed by atoms with Gasteiger partial charge in [0.05, 0.1) is 30.8 Å². The maximum absolute atomic E-state index is 14.8. The third-order valence-electron chi connectivity index (χ3n) is 9.39. The van der Waals surface area contributed by atoms with Crippen molar-refractivity contribution in [2.45, 2.75) is 19.3 Å². The van der Waals surface area contributed by atoms with Crippen LogP contribution in [-0.2, 0) is 12.4 Å². The van der Waals surface area contributed by atoms with E-state index in [-0.39, 0.29) is 50.7 Å². The molecule has 5 aromatic rings. The van der Waals surface area contributed by atoms with Gasteiger partial charge in [0, 0.05) is 16.7 Å². The van der Waals surface area contributed by atoms with Gasteiger partial charge in [-0.1, -0.05) is 24.3 Å². The van der Waals surface area contributed by atoms with Crippen LogP contribution in [0, 0.1) is 60.2 Å². The number of allylic oxidation sites excluding steroid dienone is 2. The second-order valence-corrected chi connectivity index (χ2v) is 12.3. The Morgan fingerprint density at radius 2 is 0.926 bits per heavy atom. The second-order valence-electron chi connectivity index (χ2n) is 12.3. The third kappa shape index (κ3) is 5.38. The largest absolute Gasteiger partial charge is 0.419 e. The number of nitriles is 2. The lowest BCUT2D eigenvalue weighted by Crippen LogP contribution is -2.18. The highest BCUT2D eigenvalue weighted by atomic mass is 19.4. The minimum Gasteiger partial charge on any atom is -0.226 e. The number of nitrogens with zero attached hydrogens (tertiary/aromatic N) is 4. The van der Waals surface area contributed by atoms with Crippen molar-refractivity contribution in [3.8, 4) is 56.6 Å². The second kappa shape index (κ2) is 12.3. The Bertz CT molecular complexity index is 2720. The molecule has 7 rings (SSSR count). The first-order valence-electron chi connectivity index (χ1n) is 15.5. The summed E-state index contributed by atoms with van der Waals surface area (Å²) < 4.78 is 126. The summed E-state index contributed by atoms with van der Waals surface area (Å²) in [6, 6.07) is 18.5. The van der Waals surface area contributed by atoms with Crippen LogP contribution in [0.1, 0.15) is 38.9 Å². The lowest BCUT2D eigenvalue weighted by molar-refractivity contribution is -0.163. The van der Waals surface area contributed by atoms with Crippen LogP contribution >= 0.6 is 0 Å². The van der Waals surface area contributed by atoms with Gasteiger partial charge in [0.2, 0.25) is 0 Å².